The SMILES string of the molecule is COC(=O)N[C@@H]1CN(Cc2ccccc2)C[C@@H]1C(=O)OC. The van der Waals surface area contributed by atoms with Crippen LogP contribution in [0, 0.1) is 5.92 Å². The van der Waals surface area contributed by atoms with Crippen LogP contribution in [0.15, 0.2) is 30.3 Å². The summed E-state index contributed by atoms with van der Waals surface area (Å²) >= 11 is 0. The number of alkyl carbamates (subject to hydrolysis) is 1. The van der Waals surface area contributed by atoms with Crippen molar-refractivity contribution in [1.82, 2.24) is 10.2 Å². The largest absolute Gasteiger partial charge is 0.469 e. The van der Waals surface area contributed by atoms with Gasteiger partial charge in [0.1, 0.15) is 0 Å². The number of hydrogen-bond acceptors (Lipinski definition) is 5. The molecule has 21 heavy (non-hydrogen) atoms. The van der Waals surface area contributed by atoms with Crippen LogP contribution in [-0.2, 0) is 20.8 Å². The number of nitrogens with zero attached hydrogens (tertiary/aromatic N) is 1. The minimum absolute atomic E-state index is 0.298. The molecule has 0 unspecified atom stereocenters. The van der Waals surface area contributed by atoms with E-state index in [9.17, 15) is 9.59 Å². The monoisotopic (exact) mass is 292 g/mol. The summed E-state index contributed by atoms with van der Waals surface area (Å²) in [4.78, 5) is 25.4. The molecular weight excluding hydrogens is 272 g/mol. The third-order valence-corrected chi connectivity index (χ3v) is 3.64. The van der Waals surface area contributed by atoms with Crippen molar-refractivity contribution < 1.29 is 19.1 Å². The molecule has 1 saturated heterocycles. The van der Waals surface area contributed by atoms with E-state index in [1.165, 1.54) is 19.8 Å². The lowest BCUT2D eigenvalue weighted by Gasteiger charge is -2.17. The van der Waals surface area contributed by atoms with Gasteiger partial charge in [0.15, 0.2) is 0 Å². The minimum atomic E-state index is -0.532. The van der Waals surface area contributed by atoms with Crippen LogP contribution in [-0.4, -0.2) is 50.3 Å². The van der Waals surface area contributed by atoms with Gasteiger partial charge in [-0.15, -0.1) is 0 Å². The molecule has 0 saturated carbocycles. The van der Waals surface area contributed by atoms with Crippen molar-refractivity contribution in [2.24, 2.45) is 5.92 Å². The van der Waals surface area contributed by atoms with Gasteiger partial charge in [-0.1, -0.05) is 30.3 Å². The summed E-state index contributed by atoms with van der Waals surface area (Å²) < 4.78 is 9.43. The van der Waals surface area contributed by atoms with Crippen molar-refractivity contribution in [3.8, 4) is 0 Å². The fraction of sp³-hybridized carbons (Fsp3) is 0.467. The number of ether oxygens (including phenoxy) is 2. The lowest BCUT2D eigenvalue weighted by molar-refractivity contribution is -0.145. The molecule has 1 fully saturated rings. The average molecular weight is 292 g/mol. The summed E-state index contributed by atoms with van der Waals surface area (Å²) in [7, 11) is 2.66. The quantitative estimate of drug-likeness (QED) is 0.839. The lowest BCUT2D eigenvalue weighted by Crippen LogP contribution is -2.43. The van der Waals surface area contributed by atoms with E-state index in [1.54, 1.807) is 0 Å². The van der Waals surface area contributed by atoms with Crippen LogP contribution < -0.4 is 5.32 Å². The van der Waals surface area contributed by atoms with Crippen molar-refractivity contribution in [3.05, 3.63) is 35.9 Å². The van der Waals surface area contributed by atoms with Gasteiger partial charge in [0.25, 0.3) is 0 Å². The number of esters is 1. The van der Waals surface area contributed by atoms with Crippen molar-refractivity contribution in [2.75, 3.05) is 27.3 Å². The third kappa shape index (κ3) is 3.95. The maximum Gasteiger partial charge on any atom is 0.407 e. The topological polar surface area (TPSA) is 67.9 Å². The molecule has 0 spiro atoms. The summed E-state index contributed by atoms with van der Waals surface area (Å²) in [5.41, 5.74) is 1.17. The molecule has 2 atom stereocenters. The Kier molecular flexibility index (Phi) is 5.16. The lowest BCUT2D eigenvalue weighted by atomic mass is 10.0. The molecule has 1 heterocycles. The van der Waals surface area contributed by atoms with Crippen molar-refractivity contribution >= 4 is 12.1 Å². The van der Waals surface area contributed by atoms with Crippen molar-refractivity contribution in [2.45, 2.75) is 12.6 Å². The zero-order valence-electron chi connectivity index (χ0n) is 12.2. The Morgan fingerprint density at radius 1 is 1.19 bits per heavy atom. The summed E-state index contributed by atoms with van der Waals surface area (Å²) in [6, 6.07) is 9.70. The Morgan fingerprint density at radius 2 is 1.90 bits per heavy atom. The molecule has 2 rings (SSSR count). The van der Waals surface area contributed by atoms with Crippen LogP contribution in [0.25, 0.3) is 0 Å². The van der Waals surface area contributed by atoms with Crippen molar-refractivity contribution in [1.29, 1.82) is 0 Å². The van der Waals surface area contributed by atoms with Crippen LogP contribution in [0.1, 0.15) is 5.56 Å². The first-order chi connectivity index (χ1) is 10.1. The molecule has 0 aliphatic carbocycles. The highest BCUT2D eigenvalue weighted by Crippen LogP contribution is 2.20. The Morgan fingerprint density at radius 3 is 2.52 bits per heavy atom. The van der Waals surface area contributed by atoms with E-state index in [-0.39, 0.29) is 17.9 Å². The zero-order valence-corrected chi connectivity index (χ0v) is 12.2. The number of benzene rings is 1. The predicted molar refractivity (Wildman–Crippen MR) is 76.6 cm³/mol. The van der Waals surface area contributed by atoms with Crippen LogP contribution in [0.4, 0.5) is 4.79 Å². The van der Waals surface area contributed by atoms with E-state index in [0.29, 0.717) is 13.1 Å². The highest BCUT2D eigenvalue weighted by Gasteiger charge is 2.39. The molecule has 6 nitrogen and oxygen atoms in total. The molecule has 1 aliphatic rings. The Labute approximate surface area is 124 Å². The number of hydrogen-bond donors (Lipinski definition) is 1. The first kappa shape index (κ1) is 15.3. The van der Waals surface area contributed by atoms with Gasteiger partial charge < -0.3 is 14.8 Å². The highest BCUT2D eigenvalue weighted by molar-refractivity contribution is 5.76. The van der Waals surface area contributed by atoms with Gasteiger partial charge in [-0.25, -0.2) is 4.79 Å². The second kappa shape index (κ2) is 7.08. The fourth-order valence-electron chi connectivity index (χ4n) is 2.60. The summed E-state index contributed by atoms with van der Waals surface area (Å²) in [6.07, 6.45) is -0.532. The molecule has 0 aromatic heterocycles. The normalized spacial score (nSPS) is 21.8. The fourth-order valence-corrected chi connectivity index (χ4v) is 2.60. The van der Waals surface area contributed by atoms with E-state index in [0.717, 1.165) is 6.54 Å². The summed E-state index contributed by atoms with van der Waals surface area (Å²) in [5, 5.41) is 2.71. The Bertz CT molecular complexity index is 492. The molecule has 0 bridgehead atoms. The molecule has 114 valence electrons. The van der Waals surface area contributed by atoms with Crippen LogP contribution >= 0.6 is 0 Å². The van der Waals surface area contributed by atoms with E-state index >= 15 is 0 Å². The highest BCUT2D eigenvalue weighted by atomic mass is 16.5. The predicted octanol–water partition coefficient (Wildman–Crippen LogP) is 1.02. The van der Waals surface area contributed by atoms with E-state index in [2.05, 4.69) is 15.0 Å². The molecular formula is C15H20N2O4. The van der Waals surface area contributed by atoms with E-state index in [1.807, 2.05) is 30.3 Å². The molecule has 1 aromatic carbocycles. The van der Waals surface area contributed by atoms with Crippen LogP contribution in [0.3, 0.4) is 0 Å². The molecule has 1 amide bonds. The van der Waals surface area contributed by atoms with Gasteiger partial charge in [0, 0.05) is 19.6 Å². The summed E-state index contributed by atoms with van der Waals surface area (Å²) in [6.45, 7) is 1.87. The molecule has 6 heteroatoms. The molecule has 1 N–H and O–H groups in total. The minimum Gasteiger partial charge on any atom is -0.469 e. The zero-order chi connectivity index (χ0) is 15.2. The second-order valence-corrected chi connectivity index (χ2v) is 5.05. The van der Waals surface area contributed by atoms with E-state index < -0.39 is 6.09 Å². The van der Waals surface area contributed by atoms with Gasteiger partial charge in [0.05, 0.1) is 26.2 Å². The maximum atomic E-state index is 11.9. The Balaban J connectivity index is 2.03. The second-order valence-electron chi connectivity index (χ2n) is 5.05. The first-order valence-corrected chi connectivity index (χ1v) is 6.82. The number of likely N-dealkylation sites (tertiary alicyclic amines) is 1. The Hall–Kier alpha value is -2.08. The number of amides is 1. The van der Waals surface area contributed by atoms with Gasteiger partial charge in [-0.05, 0) is 5.56 Å². The van der Waals surface area contributed by atoms with Gasteiger partial charge in [-0.3, -0.25) is 9.69 Å². The maximum absolute atomic E-state index is 11.9. The smallest absolute Gasteiger partial charge is 0.407 e. The number of rotatable bonds is 4. The summed E-state index contributed by atoms with van der Waals surface area (Å²) in [5.74, 6) is -0.690. The molecule has 1 aliphatic heterocycles. The molecule has 1 aromatic rings. The third-order valence-electron chi connectivity index (χ3n) is 3.64. The van der Waals surface area contributed by atoms with E-state index in [4.69, 9.17) is 4.74 Å². The number of carbonyl (C=O) groups excluding carboxylic acids is 2. The van der Waals surface area contributed by atoms with Gasteiger partial charge >= 0.3 is 12.1 Å². The van der Waals surface area contributed by atoms with Crippen molar-refractivity contribution in [3.63, 3.8) is 0 Å². The average Bonchev–Trinajstić information content (AvgIpc) is 2.89. The standard InChI is InChI=1S/C15H20N2O4/c1-20-14(18)12-9-17(8-11-6-4-3-5-7-11)10-13(12)16-15(19)21-2/h3-7,12-13H,8-10H2,1-2H3,(H,16,19)/t12-,13+/m0/s1. The number of nitrogens with one attached hydrogen (secondary N) is 1. The van der Waals surface area contributed by atoms with Crippen LogP contribution in [0.5, 0.6) is 0 Å². The van der Waals surface area contributed by atoms with Crippen LogP contribution in [0.2, 0.25) is 0 Å². The number of methoxy groups -OCH3 is 2. The molecule has 0 radical (unpaired) electrons. The number of carbonyl (C=O) groups is 2. The van der Waals surface area contributed by atoms with Gasteiger partial charge in [0.2, 0.25) is 0 Å². The van der Waals surface area contributed by atoms with Gasteiger partial charge in [-0.2, -0.15) is 0 Å². The first-order valence-electron chi connectivity index (χ1n) is 6.82.